The van der Waals surface area contributed by atoms with E-state index in [1.165, 1.54) is 11.3 Å². The lowest BCUT2D eigenvalue weighted by atomic mass is 10.1. The van der Waals surface area contributed by atoms with Crippen molar-refractivity contribution in [3.63, 3.8) is 0 Å². The summed E-state index contributed by atoms with van der Waals surface area (Å²) >= 11 is 1.47. The summed E-state index contributed by atoms with van der Waals surface area (Å²) in [4.78, 5) is 22.8. The third-order valence-electron chi connectivity index (χ3n) is 4.28. The van der Waals surface area contributed by atoms with Gasteiger partial charge in [-0.2, -0.15) is 0 Å². The van der Waals surface area contributed by atoms with Gasteiger partial charge in [-0.15, -0.1) is 0 Å². The summed E-state index contributed by atoms with van der Waals surface area (Å²) < 4.78 is 5.76. The number of morpholine rings is 1. The summed E-state index contributed by atoms with van der Waals surface area (Å²) in [5.74, 6) is 0.0917. The van der Waals surface area contributed by atoms with Gasteiger partial charge < -0.3 is 14.8 Å². The third-order valence-corrected chi connectivity index (χ3v) is 5.23. The van der Waals surface area contributed by atoms with Gasteiger partial charge in [-0.05, 0) is 26.0 Å². The normalized spacial score (nSPS) is 22.4. The Hall–Kier alpha value is -1.96. The van der Waals surface area contributed by atoms with Crippen molar-refractivity contribution < 1.29 is 9.84 Å². The number of nitrogens with zero attached hydrogens (tertiary/aromatic N) is 2. The van der Waals surface area contributed by atoms with E-state index in [-0.39, 0.29) is 23.5 Å². The van der Waals surface area contributed by atoms with Crippen LogP contribution in [0.25, 0.3) is 21.1 Å². The molecule has 0 aliphatic carbocycles. The Morgan fingerprint density at radius 2 is 2.12 bits per heavy atom. The zero-order valence-corrected chi connectivity index (χ0v) is 14.4. The molecule has 1 aromatic carbocycles. The Balaban J connectivity index is 1.76. The number of thiazole rings is 1. The maximum atomic E-state index is 12.2. The smallest absolute Gasteiger partial charge is 0.257 e. The minimum absolute atomic E-state index is 0.0917. The van der Waals surface area contributed by atoms with Gasteiger partial charge >= 0.3 is 0 Å². The molecule has 2 aromatic heterocycles. The zero-order valence-electron chi connectivity index (χ0n) is 13.6. The molecule has 0 unspecified atom stereocenters. The summed E-state index contributed by atoms with van der Waals surface area (Å²) in [5, 5.41) is 12.1. The number of nitrogens with one attached hydrogen (secondary N) is 1. The average molecular weight is 345 g/mol. The number of phenols is 1. The molecule has 0 saturated carbocycles. The number of pyridine rings is 1. The van der Waals surface area contributed by atoms with Crippen molar-refractivity contribution in [1.29, 1.82) is 0 Å². The van der Waals surface area contributed by atoms with Crippen molar-refractivity contribution in [3.05, 3.63) is 33.6 Å². The highest BCUT2D eigenvalue weighted by atomic mass is 32.1. The lowest BCUT2D eigenvalue weighted by molar-refractivity contribution is -0.0704. The average Bonchev–Trinajstić information content (AvgIpc) is 2.88. The van der Waals surface area contributed by atoms with Gasteiger partial charge in [-0.3, -0.25) is 9.69 Å². The van der Waals surface area contributed by atoms with Crippen molar-refractivity contribution in [2.24, 2.45) is 0 Å². The summed E-state index contributed by atoms with van der Waals surface area (Å²) in [6, 6.07) is 4.96. The Morgan fingerprint density at radius 1 is 1.38 bits per heavy atom. The van der Waals surface area contributed by atoms with Crippen LogP contribution in [0.3, 0.4) is 0 Å². The maximum Gasteiger partial charge on any atom is 0.257 e. The highest BCUT2D eigenvalue weighted by Crippen LogP contribution is 2.31. The fourth-order valence-corrected chi connectivity index (χ4v) is 4.45. The van der Waals surface area contributed by atoms with E-state index < -0.39 is 0 Å². The summed E-state index contributed by atoms with van der Waals surface area (Å²) in [6.07, 6.45) is 0.403. The van der Waals surface area contributed by atoms with Gasteiger partial charge in [0.05, 0.1) is 29.5 Å². The lowest BCUT2D eigenvalue weighted by Crippen LogP contribution is -2.44. The number of benzene rings is 1. The Kier molecular flexibility index (Phi) is 3.79. The molecule has 0 bridgehead atoms. The standard InChI is InChI=1S/C17H19N3O3S/c1-9-6-20(7-10(2)23-9)8-13-18-15-14-11(4-3-5-12(14)21)16(22)19-17(15)24-13/h3-5,9-10,21H,6-8H2,1-2H3,(H,19,22)/t9-,10+. The van der Waals surface area contributed by atoms with Crippen molar-refractivity contribution in [2.75, 3.05) is 13.1 Å². The molecule has 2 atom stereocenters. The molecule has 1 aliphatic heterocycles. The Labute approximate surface area is 142 Å². The van der Waals surface area contributed by atoms with Crippen LogP contribution in [0, 0.1) is 0 Å². The molecule has 2 N–H and O–H groups in total. The number of hydrogen-bond donors (Lipinski definition) is 2. The van der Waals surface area contributed by atoms with Crippen LogP contribution in [0.15, 0.2) is 23.0 Å². The van der Waals surface area contributed by atoms with E-state index in [0.29, 0.717) is 27.7 Å². The van der Waals surface area contributed by atoms with Gasteiger partial charge in [-0.1, -0.05) is 17.4 Å². The lowest BCUT2D eigenvalue weighted by Gasteiger charge is -2.34. The predicted octanol–water partition coefficient (Wildman–Crippen LogP) is 2.45. The number of fused-ring (bicyclic) bond motifs is 3. The highest BCUT2D eigenvalue weighted by Gasteiger charge is 2.23. The summed E-state index contributed by atoms with van der Waals surface area (Å²) in [7, 11) is 0. The van der Waals surface area contributed by atoms with Gasteiger partial charge in [0, 0.05) is 13.1 Å². The third kappa shape index (κ3) is 2.68. The number of ether oxygens (including phenoxy) is 1. The number of rotatable bonds is 2. The van der Waals surface area contributed by atoms with E-state index in [1.54, 1.807) is 18.2 Å². The van der Waals surface area contributed by atoms with Crippen LogP contribution >= 0.6 is 11.3 Å². The van der Waals surface area contributed by atoms with Crippen LogP contribution in [0.4, 0.5) is 0 Å². The van der Waals surface area contributed by atoms with Crippen LogP contribution < -0.4 is 5.56 Å². The first-order valence-electron chi connectivity index (χ1n) is 8.02. The van der Waals surface area contributed by atoms with Crippen molar-refractivity contribution in [3.8, 4) is 5.75 Å². The number of aromatic hydroxyl groups is 1. The van der Waals surface area contributed by atoms with E-state index >= 15 is 0 Å². The van der Waals surface area contributed by atoms with E-state index in [9.17, 15) is 9.90 Å². The molecule has 3 heterocycles. The second-order valence-corrected chi connectivity index (χ2v) is 7.47. The Bertz CT molecular complexity index is 955. The van der Waals surface area contributed by atoms with Gasteiger partial charge in [0.15, 0.2) is 0 Å². The van der Waals surface area contributed by atoms with Crippen molar-refractivity contribution in [1.82, 2.24) is 14.9 Å². The monoisotopic (exact) mass is 345 g/mol. The molecule has 3 aromatic rings. The first-order chi connectivity index (χ1) is 11.5. The fraction of sp³-hybridized carbons (Fsp3) is 0.412. The highest BCUT2D eigenvalue weighted by molar-refractivity contribution is 7.18. The molecule has 24 heavy (non-hydrogen) atoms. The maximum absolute atomic E-state index is 12.2. The topological polar surface area (TPSA) is 78.5 Å². The molecule has 0 radical (unpaired) electrons. The van der Waals surface area contributed by atoms with Crippen LogP contribution in [0.5, 0.6) is 5.75 Å². The summed E-state index contributed by atoms with van der Waals surface area (Å²) in [6.45, 7) is 6.59. The minimum Gasteiger partial charge on any atom is -0.507 e. The molecule has 4 rings (SSSR count). The molecular formula is C17H19N3O3S. The molecule has 1 aliphatic rings. The van der Waals surface area contributed by atoms with Crippen LogP contribution in [0.2, 0.25) is 0 Å². The molecule has 6 nitrogen and oxygen atoms in total. The van der Waals surface area contributed by atoms with Crippen LogP contribution in [-0.4, -0.2) is 45.3 Å². The zero-order chi connectivity index (χ0) is 16.8. The second-order valence-electron chi connectivity index (χ2n) is 6.39. The van der Waals surface area contributed by atoms with Crippen molar-refractivity contribution >= 4 is 32.5 Å². The van der Waals surface area contributed by atoms with Gasteiger partial charge in [-0.25, -0.2) is 4.98 Å². The molecule has 1 fully saturated rings. The number of aromatic nitrogens is 2. The van der Waals surface area contributed by atoms with Crippen LogP contribution in [-0.2, 0) is 11.3 Å². The van der Waals surface area contributed by atoms with Crippen LogP contribution in [0.1, 0.15) is 18.9 Å². The number of aromatic amines is 1. The first-order valence-corrected chi connectivity index (χ1v) is 8.84. The first kappa shape index (κ1) is 15.6. The van der Waals surface area contributed by atoms with E-state index in [0.717, 1.165) is 18.1 Å². The molecule has 1 saturated heterocycles. The minimum atomic E-state index is -0.197. The number of hydrogen-bond acceptors (Lipinski definition) is 6. The SMILES string of the molecule is C[C@@H]1CN(Cc2nc3c([nH]c(=O)c4cccc(O)c43)s2)C[C@H](C)O1. The summed E-state index contributed by atoms with van der Waals surface area (Å²) in [5.41, 5.74) is 0.467. The van der Waals surface area contributed by atoms with Gasteiger partial charge in [0.2, 0.25) is 0 Å². The van der Waals surface area contributed by atoms with Crippen molar-refractivity contribution in [2.45, 2.75) is 32.6 Å². The fourth-order valence-electron chi connectivity index (χ4n) is 3.44. The van der Waals surface area contributed by atoms with Gasteiger partial charge in [0.1, 0.15) is 21.1 Å². The molecule has 126 valence electrons. The second kappa shape index (κ2) is 5.84. The van der Waals surface area contributed by atoms with E-state index in [1.807, 2.05) is 0 Å². The molecule has 0 spiro atoms. The molecule has 7 heteroatoms. The quantitative estimate of drug-likeness (QED) is 0.746. The molecular weight excluding hydrogens is 326 g/mol. The number of H-pyrrole nitrogens is 1. The number of phenolic OH excluding ortho intramolecular Hbond substituents is 1. The Morgan fingerprint density at radius 3 is 2.88 bits per heavy atom. The van der Waals surface area contributed by atoms with E-state index in [2.05, 4.69) is 23.7 Å². The largest absolute Gasteiger partial charge is 0.507 e. The predicted molar refractivity (Wildman–Crippen MR) is 94.7 cm³/mol. The van der Waals surface area contributed by atoms with E-state index in [4.69, 9.17) is 9.72 Å². The van der Waals surface area contributed by atoms with Gasteiger partial charge in [0.25, 0.3) is 5.56 Å². The molecule has 0 amide bonds.